The van der Waals surface area contributed by atoms with Crippen LogP contribution < -0.4 is 11.1 Å². The topological polar surface area (TPSA) is 55.1 Å². The summed E-state index contributed by atoms with van der Waals surface area (Å²) in [5.41, 5.74) is 5.37. The summed E-state index contributed by atoms with van der Waals surface area (Å²) >= 11 is 0. The smallest absolute Gasteiger partial charge is 0.219 e. The fourth-order valence-electron chi connectivity index (χ4n) is 1.65. The minimum atomic E-state index is 0.201. The summed E-state index contributed by atoms with van der Waals surface area (Å²) in [6.07, 6.45) is 10.1. The second-order valence-electron chi connectivity index (χ2n) is 4.36. The molecule has 1 amide bonds. The van der Waals surface area contributed by atoms with Crippen LogP contribution in [-0.4, -0.2) is 19.0 Å². The van der Waals surface area contributed by atoms with E-state index < -0.39 is 0 Å². The van der Waals surface area contributed by atoms with Crippen molar-refractivity contribution in [1.29, 1.82) is 0 Å². The van der Waals surface area contributed by atoms with Crippen LogP contribution in [0, 0.1) is 0 Å². The van der Waals surface area contributed by atoms with E-state index in [0.29, 0.717) is 13.0 Å². The zero-order chi connectivity index (χ0) is 12.1. The molecule has 0 atom stereocenters. The molecule has 0 heterocycles. The van der Waals surface area contributed by atoms with Gasteiger partial charge < -0.3 is 11.1 Å². The molecule has 96 valence electrons. The lowest BCUT2D eigenvalue weighted by atomic mass is 10.1. The van der Waals surface area contributed by atoms with Crippen LogP contribution in [0.3, 0.4) is 0 Å². The second kappa shape index (κ2) is 12.5. The molecule has 0 aromatic heterocycles. The van der Waals surface area contributed by atoms with E-state index in [2.05, 4.69) is 12.2 Å². The summed E-state index contributed by atoms with van der Waals surface area (Å²) in [5.74, 6) is 0.201. The Morgan fingerprint density at radius 3 is 2.38 bits per heavy atom. The molecule has 0 bridgehead atoms. The lowest BCUT2D eigenvalue weighted by Gasteiger charge is -2.04. The first-order valence-electron chi connectivity index (χ1n) is 6.78. The Bertz CT molecular complexity index is 160. The molecule has 16 heavy (non-hydrogen) atoms. The average molecular weight is 228 g/mol. The van der Waals surface area contributed by atoms with E-state index in [1.807, 2.05) is 0 Å². The predicted molar refractivity (Wildman–Crippen MR) is 69.3 cm³/mol. The van der Waals surface area contributed by atoms with Gasteiger partial charge in [-0.05, 0) is 25.8 Å². The van der Waals surface area contributed by atoms with Crippen molar-refractivity contribution in [3.05, 3.63) is 0 Å². The molecule has 3 nitrogen and oxygen atoms in total. The Kier molecular flexibility index (Phi) is 12.1. The van der Waals surface area contributed by atoms with Crippen LogP contribution in [0.1, 0.15) is 64.7 Å². The molecule has 0 aliphatic heterocycles. The first kappa shape index (κ1) is 15.4. The van der Waals surface area contributed by atoms with E-state index >= 15 is 0 Å². The van der Waals surface area contributed by atoms with Crippen LogP contribution in [0.15, 0.2) is 0 Å². The number of nitrogens with one attached hydrogen (secondary N) is 1. The maximum Gasteiger partial charge on any atom is 0.219 e. The van der Waals surface area contributed by atoms with E-state index in [4.69, 9.17) is 5.73 Å². The van der Waals surface area contributed by atoms with E-state index in [0.717, 1.165) is 25.8 Å². The number of nitrogens with two attached hydrogens (primary N) is 1. The van der Waals surface area contributed by atoms with E-state index in [9.17, 15) is 4.79 Å². The van der Waals surface area contributed by atoms with Gasteiger partial charge in [0.05, 0.1) is 0 Å². The Morgan fingerprint density at radius 2 is 1.69 bits per heavy atom. The van der Waals surface area contributed by atoms with Gasteiger partial charge in [-0.2, -0.15) is 0 Å². The lowest BCUT2D eigenvalue weighted by molar-refractivity contribution is -0.121. The maximum atomic E-state index is 11.4. The van der Waals surface area contributed by atoms with Crippen molar-refractivity contribution in [2.24, 2.45) is 5.73 Å². The van der Waals surface area contributed by atoms with Crippen molar-refractivity contribution in [2.45, 2.75) is 64.7 Å². The molecule has 0 aliphatic rings. The standard InChI is InChI=1S/C13H28N2O/c1-2-3-4-5-6-7-10-13(16)15-12-9-8-11-14/h2-12,14H2,1H3,(H,15,16). The van der Waals surface area contributed by atoms with Crippen molar-refractivity contribution in [1.82, 2.24) is 5.32 Å². The average Bonchev–Trinajstić information content (AvgIpc) is 2.29. The SMILES string of the molecule is CCCCCCCCC(=O)NCCCCN. The summed E-state index contributed by atoms with van der Waals surface area (Å²) in [6, 6.07) is 0. The van der Waals surface area contributed by atoms with Crippen molar-refractivity contribution < 1.29 is 4.79 Å². The van der Waals surface area contributed by atoms with Crippen molar-refractivity contribution in [2.75, 3.05) is 13.1 Å². The van der Waals surface area contributed by atoms with Gasteiger partial charge in [0.15, 0.2) is 0 Å². The Morgan fingerprint density at radius 1 is 1.00 bits per heavy atom. The Labute approximate surface area is 100 Å². The number of hydrogen-bond donors (Lipinski definition) is 2. The number of carbonyl (C=O) groups is 1. The summed E-state index contributed by atoms with van der Waals surface area (Å²) in [5, 5.41) is 2.93. The zero-order valence-electron chi connectivity index (χ0n) is 10.8. The van der Waals surface area contributed by atoms with Crippen LogP contribution >= 0.6 is 0 Å². The van der Waals surface area contributed by atoms with Crippen molar-refractivity contribution >= 4 is 5.91 Å². The maximum absolute atomic E-state index is 11.4. The molecule has 0 aliphatic carbocycles. The molecule has 0 radical (unpaired) electrons. The summed E-state index contributed by atoms with van der Waals surface area (Å²) in [4.78, 5) is 11.4. The highest BCUT2D eigenvalue weighted by Crippen LogP contribution is 2.06. The number of hydrogen-bond acceptors (Lipinski definition) is 2. The minimum absolute atomic E-state index is 0.201. The number of unbranched alkanes of at least 4 members (excludes halogenated alkanes) is 6. The summed E-state index contributed by atoms with van der Waals surface area (Å²) in [7, 11) is 0. The van der Waals surface area contributed by atoms with Gasteiger partial charge in [0.25, 0.3) is 0 Å². The van der Waals surface area contributed by atoms with Gasteiger partial charge in [-0.25, -0.2) is 0 Å². The highest BCUT2D eigenvalue weighted by molar-refractivity contribution is 5.75. The molecular weight excluding hydrogens is 200 g/mol. The van der Waals surface area contributed by atoms with E-state index in [-0.39, 0.29) is 5.91 Å². The molecule has 0 aromatic rings. The normalized spacial score (nSPS) is 10.4. The van der Waals surface area contributed by atoms with Gasteiger partial charge >= 0.3 is 0 Å². The molecule has 0 aromatic carbocycles. The molecule has 0 unspecified atom stereocenters. The van der Waals surface area contributed by atoms with Gasteiger partial charge in [0.2, 0.25) is 5.91 Å². The lowest BCUT2D eigenvalue weighted by Crippen LogP contribution is -2.24. The highest BCUT2D eigenvalue weighted by Gasteiger charge is 1.99. The van der Waals surface area contributed by atoms with Gasteiger partial charge in [-0.3, -0.25) is 4.79 Å². The van der Waals surface area contributed by atoms with Crippen molar-refractivity contribution in [3.63, 3.8) is 0 Å². The molecule has 0 spiro atoms. The van der Waals surface area contributed by atoms with Crippen LogP contribution in [-0.2, 0) is 4.79 Å². The molecule has 3 heteroatoms. The minimum Gasteiger partial charge on any atom is -0.356 e. The van der Waals surface area contributed by atoms with E-state index in [1.54, 1.807) is 0 Å². The second-order valence-corrected chi connectivity index (χ2v) is 4.36. The van der Waals surface area contributed by atoms with Crippen molar-refractivity contribution in [3.8, 4) is 0 Å². The van der Waals surface area contributed by atoms with Crippen LogP contribution in [0.25, 0.3) is 0 Å². The third kappa shape index (κ3) is 11.5. The fraction of sp³-hybridized carbons (Fsp3) is 0.923. The van der Waals surface area contributed by atoms with Gasteiger partial charge in [0.1, 0.15) is 0 Å². The third-order valence-electron chi connectivity index (χ3n) is 2.71. The Hall–Kier alpha value is -0.570. The quantitative estimate of drug-likeness (QED) is 0.534. The molecule has 0 saturated heterocycles. The van der Waals surface area contributed by atoms with Gasteiger partial charge in [-0.15, -0.1) is 0 Å². The molecule has 0 saturated carbocycles. The highest BCUT2D eigenvalue weighted by atomic mass is 16.1. The summed E-state index contributed by atoms with van der Waals surface area (Å²) in [6.45, 7) is 3.72. The number of amides is 1. The zero-order valence-corrected chi connectivity index (χ0v) is 10.8. The number of carbonyl (C=O) groups excluding carboxylic acids is 1. The van der Waals surface area contributed by atoms with Gasteiger partial charge in [-0.1, -0.05) is 39.0 Å². The van der Waals surface area contributed by atoms with E-state index in [1.165, 1.54) is 32.1 Å². The van der Waals surface area contributed by atoms with Crippen LogP contribution in [0.2, 0.25) is 0 Å². The summed E-state index contributed by atoms with van der Waals surface area (Å²) < 4.78 is 0. The monoisotopic (exact) mass is 228 g/mol. The predicted octanol–water partition coefficient (Wildman–Crippen LogP) is 2.59. The van der Waals surface area contributed by atoms with Crippen LogP contribution in [0.5, 0.6) is 0 Å². The molecule has 3 N–H and O–H groups in total. The largest absolute Gasteiger partial charge is 0.356 e. The van der Waals surface area contributed by atoms with Gasteiger partial charge in [0, 0.05) is 13.0 Å². The number of rotatable bonds is 11. The fourth-order valence-corrected chi connectivity index (χ4v) is 1.65. The third-order valence-corrected chi connectivity index (χ3v) is 2.71. The molecule has 0 fully saturated rings. The first-order chi connectivity index (χ1) is 7.81. The molecular formula is C13H28N2O. The van der Waals surface area contributed by atoms with Crippen LogP contribution in [0.4, 0.5) is 0 Å². The first-order valence-corrected chi connectivity index (χ1v) is 6.78. The molecule has 0 rings (SSSR count). The Balaban J connectivity index is 3.11.